The predicted molar refractivity (Wildman–Crippen MR) is 70.6 cm³/mol. The van der Waals surface area contributed by atoms with Gasteiger partial charge in [0.2, 0.25) is 5.91 Å². The Morgan fingerprint density at radius 3 is 3.21 bits per heavy atom. The Kier molecular flexibility index (Phi) is 3.00. The van der Waals surface area contributed by atoms with Crippen molar-refractivity contribution in [1.29, 1.82) is 0 Å². The van der Waals surface area contributed by atoms with E-state index in [1.54, 1.807) is 30.7 Å². The Labute approximate surface area is 110 Å². The lowest BCUT2D eigenvalue weighted by Gasteiger charge is -2.26. The molecule has 6 nitrogen and oxygen atoms in total. The quantitative estimate of drug-likeness (QED) is 0.820. The molecule has 1 unspecified atom stereocenters. The molecule has 0 fully saturated rings. The first-order valence-electron chi connectivity index (χ1n) is 6.18. The van der Waals surface area contributed by atoms with Crippen molar-refractivity contribution in [1.82, 2.24) is 20.3 Å². The van der Waals surface area contributed by atoms with Crippen molar-refractivity contribution < 1.29 is 4.79 Å². The van der Waals surface area contributed by atoms with E-state index in [9.17, 15) is 4.79 Å². The van der Waals surface area contributed by atoms with Crippen molar-refractivity contribution >= 4 is 11.6 Å². The molecule has 3 heterocycles. The molecule has 98 valence electrons. The number of carbonyl (C=O) groups excluding carboxylic acids is 1. The minimum atomic E-state index is -0.235. The fraction of sp³-hybridized carbons (Fsp3) is 0.308. The average molecular weight is 257 g/mol. The molecule has 0 spiro atoms. The van der Waals surface area contributed by atoms with Crippen LogP contribution in [0.15, 0.2) is 30.9 Å². The summed E-state index contributed by atoms with van der Waals surface area (Å²) < 4.78 is 0. The fourth-order valence-corrected chi connectivity index (χ4v) is 2.26. The van der Waals surface area contributed by atoms with Gasteiger partial charge in [0.15, 0.2) is 0 Å². The van der Waals surface area contributed by atoms with E-state index in [2.05, 4.69) is 20.3 Å². The number of hydrogen-bond donors (Lipinski definition) is 2. The summed E-state index contributed by atoms with van der Waals surface area (Å²) >= 11 is 0. The number of anilines is 1. The molecule has 0 saturated heterocycles. The molecule has 0 aromatic carbocycles. The highest BCUT2D eigenvalue weighted by Gasteiger charge is 2.28. The first-order chi connectivity index (χ1) is 9.25. The molecular weight excluding hydrogens is 242 g/mol. The number of amides is 1. The minimum absolute atomic E-state index is 0.0293. The molecule has 1 atom stereocenters. The lowest BCUT2D eigenvalue weighted by atomic mass is 10.0. The molecular formula is C13H15N5O. The summed E-state index contributed by atoms with van der Waals surface area (Å²) in [5, 5.41) is 3.23. The van der Waals surface area contributed by atoms with Crippen LogP contribution >= 0.6 is 0 Å². The van der Waals surface area contributed by atoms with Crippen LogP contribution in [0.5, 0.6) is 0 Å². The molecule has 0 radical (unpaired) electrons. The number of H-pyrrole nitrogens is 1. The summed E-state index contributed by atoms with van der Waals surface area (Å²) in [7, 11) is 1.76. The third-order valence-electron chi connectivity index (χ3n) is 3.39. The highest BCUT2D eigenvalue weighted by Crippen LogP contribution is 2.16. The second-order valence-electron chi connectivity index (χ2n) is 4.57. The van der Waals surface area contributed by atoms with Crippen molar-refractivity contribution in [3.05, 3.63) is 42.2 Å². The second kappa shape index (κ2) is 4.81. The predicted octanol–water partition coefficient (Wildman–Crippen LogP) is 0.482. The third kappa shape index (κ3) is 2.22. The van der Waals surface area contributed by atoms with E-state index < -0.39 is 0 Å². The second-order valence-corrected chi connectivity index (χ2v) is 4.57. The molecule has 0 aliphatic carbocycles. The van der Waals surface area contributed by atoms with Crippen molar-refractivity contribution in [2.75, 3.05) is 11.9 Å². The van der Waals surface area contributed by atoms with Crippen LogP contribution in [0.25, 0.3) is 0 Å². The van der Waals surface area contributed by atoms with E-state index in [0.29, 0.717) is 13.0 Å². The number of pyridine rings is 1. The Morgan fingerprint density at radius 2 is 2.42 bits per heavy atom. The SMILES string of the molecule is CN(C(=O)C1Cc2nc[nH]c2CN1)c1cccnc1. The van der Waals surface area contributed by atoms with Crippen LogP contribution in [0, 0.1) is 0 Å². The molecule has 0 saturated carbocycles. The van der Waals surface area contributed by atoms with E-state index in [1.807, 2.05) is 12.1 Å². The Morgan fingerprint density at radius 1 is 1.53 bits per heavy atom. The van der Waals surface area contributed by atoms with Crippen molar-refractivity contribution in [3.63, 3.8) is 0 Å². The van der Waals surface area contributed by atoms with Crippen LogP contribution in [0.4, 0.5) is 5.69 Å². The Bertz CT molecular complexity index is 580. The van der Waals surface area contributed by atoms with Crippen LogP contribution in [0.3, 0.4) is 0 Å². The molecule has 1 aliphatic heterocycles. The van der Waals surface area contributed by atoms with E-state index in [4.69, 9.17) is 0 Å². The third-order valence-corrected chi connectivity index (χ3v) is 3.39. The number of carbonyl (C=O) groups is 1. The smallest absolute Gasteiger partial charge is 0.244 e. The molecule has 2 N–H and O–H groups in total. The summed E-state index contributed by atoms with van der Waals surface area (Å²) in [4.78, 5) is 25.4. The summed E-state index contributed by atoms with van der Waals surface area (Å²) in [6.07, 6.45) is 5.66. The van der Waals surface area contributed by atoms with E-state index >= 15 is 0 Å². The van der Waals surface area contributed by atoms with Gasteiger partial charge in [-0.15, -0.1) is 0 Å². The summed E-state index contributed by atoms with van der Waals surface area (Å²) in [6, 6.07) is 3.45. The van der Waals surface area contributed by atoms with Gasteiger partial charge in [0.1, 0.15) is 0 Å². The average Bonchev–Trinajstić information content (AvgIpc) is 2.94. The van der Waals surface area contributed by atoms with Gasteiger partial charge in [0.25, 0.3) is 0 Å². The number of imidazole rings is 1. The number of aromatic nitrogens is 3. The molecule has 1 aliphatic rings. The van der Waals surface area contributed by atoms with Gasteiger partial charge in [-0.25, -0.2) is 4.98 Å². The maximum Gasteiger partial charge on any atom is 0.244 e. The first-order valence-corrected chi connectivity index (χ1v) is 6.18. The van der Waals surface area contributed by atoms with Crippen molar-refractivity contribution in [2.45, 2.75) is 19.0 Å². The number of hydrogen-bond acceptors (Lipinski definition) is 4. The highest BCUT2D eigenvalue weighted by atomic mass is 16.2. The number of rotatable bonds is 2. The van der Waals surface area contributed by atoms with Crippen molar-refractivity contribution in [2.24, 2.45) is 0 Å². The highest BCUT2D eigenvalue weighted by molar-refractivity contribution is 5.96. The van der Waals surface area contributed by atoms with Crippen LogP contribution in [0.1, 0.15) is 11.4 Å². The standard InChI is InChI=1S/C13H15N5O/c1-18(9-3-2-4-14-6-9)13(19)11-5-10-12(7-15-11)17-8-16-10/h2-4,6,8,11,15H,5,7H2,1H3,(H,16,17). The van der Waals surface area contributed by atoms with Gasteiger partial charge >= 0.3 is 0 Å². The number of nitrogens with one attached hydrogen (secondary N) is 2. The number of nitrogens with zero attached hydrogens (tertiary/aromatic N) is 3. The van der Waals surface area contributed by atoms with Crippen LogP contribution in [0.2, 0.25) is 0 Å². The zero-order chi connectivity index (χ0) is 13.2. The van der Waals surface area contributed by atoms with Crippen molar-refractivity contribution in [3.8, 4) is 0 Å². The number of fused-ring (bicyclic) bond motifs is 1. The summed E-state index contributed by atoms with van der Waals surface area (Å²) in [5.41, 5.74) is 2.83. The fourth-order valence-electron chi connectivity index (χ4n) is 2.26. The van der Waals surface area contributed by atoms with Crippen LogP contribution < -0.4 is 10.2 Å². The molecule has 0 bridgehead atoms. The maximum atomic E-state index is 12.4. The van der Waals surface area contributed by atoms with Gasteiger partial charge in [-0.3, -0.25) is 15.1 Å². The first kappa shape index (κ1) is 11.9. The normalized spacial score (nSPS) is 17.8. The van der Waals surface area contributed by atoms with E-state index in [1.165, 1.54) is 0 Å². The van der Waals surface area contributed by atoms with E-state index in [-0.39, 0.29) is 11.9 Å². The van der Waals surface area contributed by atoms with Crippen LogP contribution in [-0.4, -0.2) is 33.9 Å². The maximum absolute atomic E-state index is 12.4. The van der Waals surface area contributed by atoms with Gasteiger partial charge in [-0.05, 0) is 12.1 Å². The van der Waals surface area contributed by atoms with Gasteiger partial charge < -0.3 is 9.88 Å². The zero-order valence-corrected chi connectivity index (χ0v) is 10.6. The Balaban J connectivity index is 1.75. The molecule has 3 rings (SSSR count). The monoisotopic (exact) mass is 257 g/mol. The topological polar surface area (TPSA) is 73.9 Å². The number of likely N-dealkylation sites (N-methyl/N-ethyl adjacent to an activating group) is 1. The van der Waals surface area contributed by atoms with E-state index in [0.717, 1.165) is 17.1 Å². The lowest BCUT2D eigenvalue weighted by molar-refractivity contribution is -0.120. The zero-order valence-electron chi connectivity index (χ0n) is 10.6. The minimum Gasteiger partial charge on any atom is -0.347 e. The summed E-state index contributed by atoms with van der Waals surface area (Å²) in [5.74, 6) is 0.0293. The van der Waals surface area contributed by atoms with Crippen LogP contribution in [-0.2, 0) is 17.8 Å². The summed E-state index contributed by atoms with van der Waals surface area (Å²) in [6.45, 7) is 0.645. The van der Waals surface area contributed by atoms with Gasteiger partial charge in [-0.1, -0.05) is 0 Å². The molecule has 6 heteroatoms. The Hall–Kier alpha value is -2.21. The van der Waals surface area contributed by atoms with Gasteiger partial charge in [0.05, 0.1) is 35.6 Å². The largest absolute Gasteiger partial charge is 0.347 e. The molecule has 2 aromatic rings. The lowest BCUT2D eigenvalue weighted by Crippen LogP contribution is -2.48. The molecule has 19 heavy (non-hydrogen) atoms. The molecule has 2 aromatic heterocycles. The van der Waals surface area contributed by atoms with Gasteiger partial charge in [0, 0.05) is 26.2 Å². The van der Waals surface area contributed by atoms with Gasteiger partial charge in [-0.2, -0.15) is 0 Å². The molecule has 1 amide bonds. The number of aromatic amines is 1.